The summed E-state index contributed by atoms with van der Waals surface area (Å²) < 4.78 is 5.07. The SMILES string of the molecule is C[C@H](NCc1ccco1)C(=O)NN. The van der Waals surface area contributed by atoms with Crippen molar-refractivity contribution in [1.82, 2.24) is 10.7 Å². The number of hydrazine groups is 1. The average Bonchev–Trinajstić information content (AvgIpc) is 2.65. The van der Waals surface area contributed by atoms with Crippen molar-refractivity contribution in [3.05, 3.63) is 24.2 Å². The van der Waals surface area contributed by atoms with Gasteiger partial charge in [0.25, 0.3) is 5.91 Å². The molecule has 1 aromatic heterocycles. The van der Waals surface area contributed by atoms with Crippen LogP contribution in [0.25, 0.3) is 0 Å². The smallest absolute Gasteiger partial charge is 0.250 e. The first-order valence-electron chi connectivity index (χ1n) is 4.00. The molecule has 0 fully saturated rings. The highest BCUT2D eigenvalue weighted by molar-refractivity contribution is 5.80. The third-order valence-electron chi connectivity index (χ3n) is 1.70. The Morgan fingerprint density at radius 1 is 1.77 bits per heavy atom. The highest BCUT2D eigenvalue weighted by Crippen LogP contribution is 1.99. The van der Waals surface area contributed by atoms with Crippen LogP contribution < -0.4 is 16.6 Å². The van der Waals surface area contributed by atoms with Gasteiger partial charge in [0, 0.05) is 0 Å². The zero-order chi connectivity index (χ0) is 9.68. The number of amides is 1. The first-order chi connectivity index (χ1) is 6.24. The standard InChI is InChI=1S/C8H13N3O2/c1-6(8(12)11-9)10-5-7-3-2-4-13-7/h2-4,6,10H,5,9H2,1H3,(H,11,12)/t6-/m0/s1. The van der Waals surface area contributed by atoms with E-state index in [0.717, 1.165) is 5.76 Å². The third-order valence-corrected chi connectivity index (χ3v) is 1.70. The molecular weight excluding hydrogens is 170 g/mol. The van der Waals surface area contributed by atoms with Crippen molar-refractivity contribution in [2.45, 2.75) is 19.5 Å². The molecule has 0 saturated carbocycles. The van der Waals surface area contributed by atoms with Crippen molar-refractivity contribution >= 4 is 5.91 Å². The lowest BCUT2D eigenvalue weighted by atomic mass is 10.3. The molecule has 0 saturated heterocycles. The molecule has 0 unspecified atom stereocenters. The molecule has 0 bridgehead atoms. The molecular formula is C8H13N3O2. The number of rotatable bonds is 4. The molecule has 0 spiro atoms. The molecule has 0 radical (unpaired) electrons. The molecule has 0 aromatic carbocycles. The van der Waals surface area contributed by atoms with Crippen molar-refractivity contribution < 1.29 is 9.21 Å². The van der Waals surface area contributed by atoms with E-state index in [0.29, 0.717) is 6.54 Å². The van der Waals surface area contributed by atoms with E-state index in [-0.39, 0.29) is 11.9 Å². The van der Waals surface area contributed by atoms with Gasteiger partial charge in [-0.15, -0.1) is 0 Å². The van der Waals surface area contributed by atoms with E-state index in [1.54, 1.807) is 19.3 Å². The van der Waals surface area contributed by atoms with Crippen molar-refractivity contribution in [2.24, 2.45) is 5.84 Å². The summed E-state index contributed by atoms with van der Waals surface area (Å²) in [6, 6.07) is 3.31. The predicted octanol–water partition coefficient (Wildman–Crippen LogP) is -0.252. The lowest BCUT2D eigenvalue weighted by Crippen LogP contribution is -2.44. The Morgan fingerprint density at radius 2 is 2.54 bits per heavy atom. The van der Waals surface area contributed by atoms with Gasteiger partial charge < -0.3 is 4.42 Å². The number of carbonyl (C=O) groups excluding carboxylic acids is 1. The van der Waals surface area contributed by atoms with Gasteiger partial charge in [0.2, 0.25) is 0 Å². The molecule has 0 aliphatic heterocycles. The lowest BCUT2D eigenvalue weighted by Gasteiger charge is -2.09. The number of furan rings is 1. The fourth-order valence-electron chi connectivity index (χ4n) is 0.885. The van der Waals surface area contributed by atoms with Gasteiger partial charge in [-0.05, 0) is 19.1 Å². The summed E-state index contributed by atoms with van der Waals surface area (Å²) in [6.45, 7) is 2.24. The second-order valence-electron chi connectivity index (χ2n) is 2.69. The Labute approximate surface area is 76.3 Å². The number of hydrogen-bond acceptors (Lipinski definition) is 4. The van der Waals surface area contributed by atoms with Crippen LogP contribution >= 0.6 is 0 Å². The summed E-state index contributed by atoms with van der Waals surface area (Å²) in [5.41, 5.74) is 2.06. The highest BCUT2D eigenvalue weighted by Gasteiger charge is 2.10. The summed E-state index contributed by atoms with van der Waals surface area (Å²) in [7, 11) is 0. The van der Waals surface area contributed by atoms with E-state index >= 15 is 0 Å². The van der Waals surface area contributed by atoms with Crippen molar-refractivity contribution in [1.29, 1.82) is 0 Å². The van der Waals surface area contributed by atoms with Crippen LogP contribution in [0.2, 0.25) is 0 Å². The van der Waals surface area contributed by atoms with Crippen LogP contribution in [0.4, 0.5) is 0 Å². The Hall–Kier alpha value is -1.33. The molecule has 1 amide bonds. The van der Waals surface area contributed by atoms with Gasteiger partial charge in [0.1, 0.15) is 5.76 Å². The average molecular weight is 183 g/mol. The van der Waals surface area contributed by atoms with E-state index in [1.807, 2.05) is 6.07 Å². The molecule has 4 N–H and O–H groups in total. The van der Waals surface area contributed by atoms with E-state index in [9.17, 15) is 4.79 Å². The zero-order valence-electron chi connectivity index (χ0n) is 7.41. The van der Waals surface area contributed by atoms with Crippen molar-refractivity contribution in [3.8, 4) is 0 Å². The maximum absolute atomic E-state index is 10.9. The second kappa shape index (κ2) is 4.64. The first kappa shape index (κ1) is 9.76. The van der Waals surface area contributed by atoms with Crippen LogP contribution in [0.15, 0.2) is 22.8 Å². The fraction of sp³-hybridized carbons (Fsp3) is 0.375. The maximum atomic E-state index is 10.9. The Morgan fingerprint density at radius 3 is 3.08 bits per heavy atom. The Kier molecular flexibility index (Phi) is 3.48. The van der Waals surface area contributed by atoms with Crippen LogP contribution in [-0.2, 0) is 11.3 Å². The van der Waals surface area contributed by atoms with Gasteiger partial charge in [-0.3, -0.25) is 15.5 Å². The monoisotopic (exact) mass is 183 g/mol. The molecule has 5 nitrogen and oxygen atoms in total. The highest BCUT2D eigenvalue weighted by atomic mass is 16.3. The maximum Gasteiger partial charge on any atom is 0.250 e. The summed E-state index contributed by atoms with van der Waals surface area (Å²) in [6.07, 6.45) is 1.59. The van der Waals surface area contributed by atoms with Gasteiger partial charge in [0.05, 0.1) is 18.8 Å². The van der Waals surface area contributed by atoms with Gasteiger partial charge in [0.15, 0.2) is 0 Å². The van der Waals surface area contributed by atoms with Crippen LogP contribution in [0, 0.1) is 0 Å². The molecule has 0 aliphatic carbocycles. The molecule has 1 aromatic rings. The first-order valence-corrected chi connectivity index (χ1v) is 4.00. The molecule has 1 atom stereocenters. The number of nitrogens with one attached hydrogen (secondary N) is 2. The van der Waals surface area contributed by atoms with Gasteiger partial charge in [-0.25, -0.2) is 5.84 Å². The number of carbonyl (C=O) groups is 1. The summed E-state index contributed by atoms with van der Waals surface area (Å²) >= 11 is 0. The van der Waals surface area contributed by atoms with E-state index in [1.165, 1.54) is 0 Å². The van der Waals surface area contributed by atoms with E-state index in [4.69, 9.17) is 10.3 Å². The quantitative estimate of drug-likeness (QED) is 0.341. The topological polar surface area (TPSA) is 80.3 Å². The molecule has 1 heterocycles. The minimum Gasteiger partial charge on any atom is -0.468 e. The van der Waals surface area contributed by atoms with Crippen LogP contribution in [0.3, 0.4) is 0 Å². The Balaban J connectivity index is 2.30. The molecule has 13 heavy (non-hydrogen) atoms. The Bertz CT molecular complexity index is 258. The molecule has 72 valence electrons. The zero-order valence-corrected chi connectivity index (χ0v) is 7.41. The van der Waals surface area contributed by atoms with Crippen molar-refractivity contribution in [2.75, 3.05) is 0 Å². The third kappa shape index (κ3) is 2.89. The molecule has 0 aliphatic rings. The summed E-state index contributed by atoms with van der Waals surface area (Å²) in [4.78, 5) is 10.9. The van der Waals surface area contributed by atoms with Gasteiger partial charge in [-0.1, -0.05) is 0 Å². The fourth-order valence-corrected chi connectivity index (χ4v) is 0.885. The molecule has 1 rings (SSSR count). The van der Waals surface area contributed by atoms with Crippen molar-refractivity contribution in [3.63, 3.8) is 0 Å². The minimum atomic E-state index is -0.324. The second-order valence-corrected chi connectivity index (χ2v) is 2.69. The summed E-state index contributed by atoms with van der Waals surface area (Å²) in [5, 5.41) is 2.95. The van der Waals surface area contributed by atoms with Crippen LogP contribution in [0.5, 0.6) is 0 Å². The largest absolute Gasteiger partial charge is 0.468 e. The van der Waals surface area contributed by atoms with Crippen LogP contribution in [0.1, 0.15) is 12.7 Å². The van der Waals surface area contributed by atoms with Gasteiger partial charge in [-0.2, -0.15) is 0 Å². The van der Waals surface area contributed by atoms with Crippen LogP contribution in [-0.4, -0.2) is 11.9 Å². The lowest BCUT2D eigenvalue weighted by molar-refractivity contribution is -0.122. The molecule has 5 heteroatoms. The van der Waals surface area contributed by atoms with E-state index < -0.39 is 0 Å². The predicted molar refractivity (Wildman–Crippen MR) is 47.3 cm³/mol. The number of nitrogens with two attached hydrogens (primary N) is 1. The minimum absolute atomic E-state index is 0.244. The number of hydrogen-bond donors (Lipinski definition) is 3. The summed E-state index contributed by atoms with van der Waals surface area (Å²) in [5.74, 6) is 5.50. The normalized spacial score (nSPS) is 12.5. The van der Waals surface area contributed by atoms with E-state index in [2.05, 4.69) is 10.7 Å². The van der Waals surface area contributed by atoms with Gasteiger partial charge >= 0.3 is 0 Å².